The van der Waals surface area contributed by atoms with Crippen molar-refractivity contribution in [2.75, 3.05) is 18.0 Å². The van der Waals surface area contributed by atoms with E-state index in [1.165, 1.54) is 12.1 Å². The van der Waals surface area contributed by atoms with Crippen molar-refractivity contribution < 1.29 is 22.7 Å². The van der Waals surface area contributed by atoms with Crippen molar-refractivity contribution in [1.29, 1.82) is 0 Å². The molecule has 2 atom stereocenters. The van der Waals surface area contributed by atoms with Crippen LogP contribution >= 0.6 is 11.6 Å². The van der Waals surface area contributed by atoms with Crippen molar-refractivity contribution in [3.63, 3.8) is 0 Å². The van der Waals surface area contributed by atoms with E-state index in [1.807, 2.05) is 31.2 Å². The molecule has 4 nitrogen and oxygen atoms in total. The van der Waals surface area contributed by atoms with Crippen LogP contribution in [0.3, 0.4) is 0 Å². The Kier molecular flexibility index (Phi) is 6.36. The quantitative estimate of drug-likeness (QED) is 0.612. The van der Waals surface area contributed by atoms with E-state index < -0.39 is 16.9 Å². The van der Waals surface area contributed by atoms with E-state index in [0.717, 1.165) is 5.56 Å². The van der Waals surface area contributed by atoms with Crippen LogP contribution in [-0.4, -0.2) is 30.0 Å². The average Bonchev–Trinajstić information content (AvgIpc) is 3.09. The summed E-state index contributed by atoms with van der Waals surface area (Å²) >= 11 is 5.64. The third-order valence-electron chi connectivity index (χ3n) is 4.91. The minimum atomic E-state index is -4.59. The lowest BCUT2D eigenvalue weighted by Gasteiger charge is -2.20. The van der Waals surface area contributed by atoms with Crippen molar-refractivity contribution in [3.05, 3.63) is 52.7 Å². The van der Waals surface area contributed by atoms with Crippen LogP contribution in [-0.2, 0) is 11.0 Å². The Morgan fingerprint density at radius 3 is 2.59 bits per heavy atom. The summed E-state index contributed by atoms with van der Waals surface area (Å²) in [6.07, 6.45) is -3.58. The van der Waals surface area contributed by atoms with Gasteiger partial charge in [0.25, 0.3) is 0 Å². The molecule has 0 N–H and O–H groups in total. The molecular weight excluding hydrogens is 405 g/mol. The van der Waals surface area contributed by atoms with Crippen LogP contribution in [0.5, 0.6) is 5.75 Å². The lowest BCUT2D eigenvalue weighted by atomic mass is 9.96. The number of aromatic nitrogens is 1. The fourth-order valence-corrected chi connectivity index (χ4v) is 3.67. The Bertz CT molecular complexity index is 871. The van der Waals surface area contributed by atoms with Crippen LogP contribution < -0.4 is 9.64 Å². The predicted molar refractivity (Wildman–Crippen MR) is 106 cm³/mol. The van der Waals surface area contributed by atoms with E-state index in [2.05, 4.69) is 4.98 Å². The SMILES string of the molecule is CC(=O)C[C@@H](C)c1ccc(O[C@@H]2CCN(c3ccc(Cl)c(C(F)(F)F)n3)C2)cc1. The Balaban J connectivity index is 1.62. The number of carbonyl (C=O) groups is 1. The minimum absolute atomic E-state index is 0.141. The topological polar surface area (TPSA) is 42.4 Å². The van der Waals surface area contributed by atoms with Gasteiger partial charge in [-0.1, -0.05) is 30.7 Å². The highest BCUT2D eigenvalue weighted by atomic mass is 35.5. The van der Waals surface area contributed by atoms with Crippen molar-refractivity contribution in [2.24, 2.45) is 0 Å². The second-order valence-corrected chi connectivity index (χ2v) is 7.76. The second kappa shape index (κ2) is 8.61. The van der Waals surface area contributed by atoms with E-state index in [1.54, 1.807) is 11.8 Å². The minimum Gasteiger partial charge on any atom is -0.489 e. The normalized spacial score (nSPS) is 18.0. The molecule has 156 valence electrons. The third kappa shape index (κ3) is 5.41. The molecule has 0 unspecified atom stereocenters. The smallest absolute Gasteiger partial charge is 0.434 e. The number of ketones is 1. The van der Waals surface area contributed by atoms with Crippen LogP contribution in [0.2, 0.25) is 5.02 Å². The fraction of sp³-hybridized carbons (Fsp3) is 0.429. The number of halogens is 4. The van der Waals surface area contributed by atoms with Gasteiger partial charge in [-0.2, -0.15) is 13.2 Å². The Labute approximate surface area is 172 Å². The number of hydrogen-bond donors (Lipinski definition) is 0. The molecule has 29 heavy (non-hydrogen) atoms. The highest BCUT2D eigenvalue weighted by molar-refractivity contribution is 6.31. The monoisotopic (exact) mass is 426 g/mol. The van der Waals surface area contributed by atoms with Crippen molar-refractivity contribution in [1.82, 2.24) is 4.98 Å². The first-order valence-electron chi connectivity index (χ1n) is 9.38. The zero-order chi connectivity index (χ0) is 21.2. The van der Waals surface area contributed by atoms with Gasteiger partial charge >= 0.3 is 6.18 Å². The first-order valence-corrected chi connectivity index (χ1v) is 9.76. The predicted octanol–water partition coefficient (Wildman–Crippen LogP) is 5.49. The molecule has 2 heterocycles. The van der Waals surface area contributed by atoms with E-state index in [9.17, 15) is 18.0 Å². The van der Waals surface area contributed by atoms with Gasteiger partial charge in [0.15, 0.2) is 5.69 Å². The maximum absolute atomic E-state index is 13.0. The van der Waals surface area contributed by atoms with Crippen molar-refractivity contribution >= 4 is 23.2 Å². The molecule has 1 aliphatic rings. The van der Waals surface area contributed by atoms with E-state index in [4.69, 9.17) is 16.3 Å². The summed E-state index contributed by atoms with van der Waals surface area (Å²) in [6, 6.07) is 10.3. The van der Waals surface area contributed by atoms with Gasteiger partial charge in [-0.25, -0.2) is 4.98 Å². The van der Waals surface area contributed by atoms with Gasteiger partial charge in [-0.15, -0.1) is 0 Å². The number of ether oxygens (including phenoxy) is 1. The van der Waals surface area contributed by atoms with Crippen LogP contribution in [0.1, 0.15) is 43.9 Å². The number of benzene rings is 1. The van der Waals surface area contributed by atoms with Gasteiger partial charge in [-0.3, -0.25) is 0 Å². The molecule has 0 saturated carbocycles. The number of alkyl halides is 3. The number of anilines is 1. The van der Waals surface area contributed by atoms with Gasteiger partial charge in [0.2, 0.25) is 0 Å². The van der Waals surface area contributed by atoms with Gasteiger partial charge in [0.1, 0.15) is 23.5 Å². The van der Waals surface area contributed by atoms with Crippen LogP contribution in [0, 0.1) is 0 Å². The molecule has 1 aromatic carbocycles. The summed E-state index contributed by atoms with van der Waals surface area (Å²) in [6.45, 7) is 4.56. The Morgan fingerprint density at radius 2 is 1.97 bits per heavy atom. The second-order valence-electron chi connectivity index (χ2n) is 7.35. The molecule has 1 aromatic heterocycles. The molecule has 0 aliphatic carbocycles. The lowest BCUT2D eigenvalue weighted by Crippen LogP contribution is -2.26. The number of hydrogen-bond acceptors (Lipinski definition) is 4. The number of rotatable bonds is 6. The average molecular weight is 427 g/mol. The number of Topliss-reactive ketones (excluding diaryl/α,β-unsaturated/α-hetero) is 1. The number of carbonyl (C=O) groups excluding carboxylic acids is 1. The molecule has 1 saturated heterocycles. The maximum Gasteiger partial charge on any atom is 0.434 e. The summed E-state index contributed by atoms with van der Waals surface area (Å²) in [5.41, 5.74) is -0.0121. The van der Waals surface area contributed by atoms with Gasteiger partial charge < -0.3 is 14.4 Å². The van der Waals surface area contributed by atoms with Gasteiger partial charge in [0.05, 0.1) is 11.6 Å². The zero-order valence-electron chi connectivity index (χ0n) is 16.2. The third-order valence-corrected chi connectivity index (χ3v) is 5.22. The highest BCUT2D eigenvalue weighted by Gasteiger charge is 2.36. The van der Waals surface area contributed by atoms with Gasteiger partial charge in [0, 0.05) is 19.4 Å². The molecule has 1 aliphatic heterocycles. The summed E-state index contributed by atoms with van der Waals surface area (Å²) < 4.78 is 45.1. The van der Waals surface area contributed by atoms with E-state index >= 15 is 0 Å². The zero-order valence-corrected chi connectivity index (χ0v) is 16.9. The van der Waals surface area contributed by atoms with Crippen molar-refractivity contribution in [3.8, 4) is 5.75 Å². The summed E-state index contributed by atoms with van der Waals surface area (Å²) in [5, 5.41) is -0.410. The number of pyridine rings is 1. The maximum atomic E-state index is 13.0. The van der Waals surface area contributed by atoms with Gasteiger partial charge in [-0.05, 0) is 42.7 Å². The summed E-state index contributed by atoms with van der Waals surface area (Å²) in [4.78, 5) is 16.7. The molecule has 3 rings (SSSR count). The van der Waals surface area contributed by atoms with Crippen molar-refractivity contribution in [2.45, 2.75) is 44.9 Å². The van der Waals surface area contributed by atoms with Crippen LogP contribution in [0.25, 0.3) is 0 Å². The molecule has 0 radical (unpaired) electrons. The first kappa shape index (κ1) is 21.4. The van der Waals surface area contributed by atoms with Crippen LogP contribution in [0.15, 0.2) is 36.4 Å². The Hall–Kier alpha value is -2.28. The first-order chi connectivity index (χ1) is 13.6. The van der Waals surface area contributed by atoms with E-state index in [-0.39, 0.29) is 23.6 Å². The summed E-state index contributed by atoms with van der Waals surface area (Å²) in [7, 11) is 0. The molecule has 2 aromatic rings. The standard InChI is InChI=1S/C21H22ClF3N2O2/c1-13(11-14(2)28)15-3-5-16(6-4-15)29-17-9-10-27(12-17)19-8-7-18(22)20(26-19)21(23,24)25/h3-8,13,17H,9-12H2,1-2H3/t13-,17-/m1/s1. The highest BCUT2D eigenvalue weighted by Crippen LogP contribution is 2.35. The summed E-state index contributed by atoms with van der Waals surface area (Å²) in [5.74, 6) is 1.22. The molecule has 0 bridgehead atoms. The lowest BCUT2D eigenvalue weighted by molar-refractivity contribution is -0.141. The molecule has 8 heteroatoms. The Morgan fingerprint density at radius 1 is 1.28 bits per heavy atom. The molecule has 0 amide bonds. The van der Waals surface area contributed by atoms with E-state index in [0.29, 0.717) is 31.7 Å². The molecule has 0 spiro atoms. The molecule has 1 fully saturated rings. The van der Waals surface area contributed by atoms with Crippen LogP contribution in [0.4, 0.5) is 19.0 Å². The number of nitrogens with zero attached hydrogens (tertiary/aromatic N) is 2. The fourth-order valence-electron chi connectivity index (χ4n) is 3.46. The largest absolute Gasteiger partial charge is 0.489 e. The molecular formula is C21H22ClF3N2O2.